The summed E-state index contributed by atoms with van der Waals surface area (Å²) in [5, 5.41) is 9.28. The quantitative estimate of drug-likeness (QED) is 0.681. The van der Waals surface area contributed by atoms with Crippen LogP contribution < -0.4 is 15.6 Å². The first-order chi connectivity index (χ1) is 13.1. The van der Waals surface area contributed by atoms with Crippen LogP contribution in [0, 0.1) is 0 Å². The van der Waals surface area contributed by atoms with Crippen LogP contribution in [0.4, 0.5) is 0 Å². The van der Waals surface area contributed by atoms with Crippen LogP contribution in [0.2, 0.25) is 0 Å². The summed E-state index contributed by atoms with van der Waals surface area (Å²) in [6, 6.07) is 14.3. The van der Waals surface area contributed by atoms with Crippen molar-refractivity contribution in [2.45, 2.75) is 19.4 Å². The summed E-state index contributed by atoms with van der Waals surface area (Å²) in [6.07, 6.45) is 0.272. The Morgan fingerprint density at radius 1 is 1.22 bits per heavy atom. The highest BCUT2D eigenvalue weighted by Gasteiger charge is 2.12. The molecule has 0 aliphatic rings. The molecule has 0 spiro atoms. The van der Waals surface area contributed by atoms with Gasteiger partial charge in [-0.1, -0.05) is 18.2 Å². The van der Waals surface area contributed by atoms with Crippen LogP contribution in [0.15, 0.2) is 58.7 Å². The van der Waals surface area contributed by atoms with E-state index in [-0.39, 0.29) is 23.9 Å². The number of aromatic nitrogens is 2. The summed E-state index contributed by atoms with van der Waals surface area (Å²) >= 11 is 1.57. The number of methoxy groups -OCH3 is 1. The van der Waals surface area contributed by atoms with Gasteiger partial charge in [-0.25, -0.2) is 4.68 Å². The molecule has 0 saturated heterocycles. The Labute approximate surface area is 161 Å². The molecular formula is C20H21N3O3S. The number of ether oxygens (including phenoxy) is 1. The number of carbonyl (C=O) groups is 1. The summed E-state index contributed by atoms with van der Waals surface area (Å²) in [6.45, 7) is 2.19. The van der Waals surface area contributed by atoms with Gasteiger partial charge in [-0.05, 0) is 42.1 Å². The van der Waals surface area contributed by atoms with Gasteiger partial charge in [0.1, 0.15) is 11.4 Å². The Bertz CT molecular complexity index is 949. The van der Waals surface area contributed by atoms with E-state index in [4.69, 9.17) is 4.74 Å². The number of hydrogen-bond acceptors (Lipinski definition) is 5. The number of rotatable bonds is 7. The molecule has 7 heteroatoms. The minimum atomic E-state index is -0.253. The van der Waals surface area contributed by atoms with Gasteiger partial charge in [0.15, 0.2) is 0 Å². The minimum absolute atomic E-state index is 0.102. The van der Waals surface area contributed by atoms with Crippen LogP contribution in [-0.4, -0.2) is 29.3 Å². The molecule has 2 heterocycles. The normalized spacial score (nSPS) is 11.8. The lowest BCUT2D eigenvalue weighted by Gasteiger charge is -2.15. The zero-order valence-electron chi connectivity index (χ0n) is 15.2. The molecule has 2 aromatic heterocycles. The molecule has 3 rings (SSSR count). The smallest absolute Gasteiger partial charge is 0.267 e. The second-order valence-electron chi connectivity index (χ2n) is 6.16. The summed E-state index contributed by atoms with van der Waals surface area (Å²) in [4.78, 5) is 25.4. The predicted molar refractivity (Wildman–Crippen MR) is 106 cm³/mol. The van der Waals surface area contributed by atoms with Gasteiger partial charge in [-0.2, -0.15) is 5.10 Å². The van der Waals surface area contributed by atoms with E-state index >= 15 is 0 Å². The van der Waals surface area contributed by atoms with Crippen molar-refractivity contribution in [2.75, 3.05) is 13.7 Å². The van der Waals surface area contributed by atoms with Crippen molar-refractivity contribution in [2.24, 2.45) is 0 Å². The number of carbonyl (C=O) groups excluding carboxylic acids is 1. The second kappa shape index (κ2) is 8.64. The number of nitrogens with one attached hydrogen (secondary N) is 1. The number of thiophene rings is 1. The first kappa shape index (κ1) is 18.8. The van der Waals surface area contributed by atoms with E-state index in [9.17, 15) is 9.59 Å². The Morgan fingerprint density at radius 2 is 2.00 bits per heavy atom. The number of benzene rings is 1. The summed E-state index contributed by atoms with van der Waals surface area (Å²) in [5.41, 5.74) is 1.46. The molecule has 1 aromatic carbocycles. The van der Waals surface area contributed by atoms with E-state index in [1.54, 1.807) is 24.5 Å². The fourth-order valence-electron chi connectivity index (χ4n) is 2.64. The third-order valence-corrected chi connectivity index (χ3v) is 5.03. The molecule has 0 bridgehead atoms. The molecule has 1 amide bonds. The van der Waals surface area contributed by atoms with Crippen molar-refractivity contribution in [1.82, 2.24) is 15.1 Å². The van der Waals surface area contributed by atoms with Gasteiger partial charge in [0, 0.05) is 12.6 Å². The Kier molecular flexibility index (Phi) is 6.03. The lowest BCUT2D eigenvalue weighted by molar-refractivity contribution is -0.120. The lowest BCUT2D eigenvalue weighted by atomic mass is 10.1. The molecule has 1 unspecified atom stereocenters. The van der Waals surface area contributed by atoms with E-state index in [2.05, 4.69) is 10.4 Å². The molecule has 3 aromatic rings. The maximum atomic E-state index is 12.2. The van der Waals surface area contributed by atoms with Crippen LogP contribution in [-0.2, 0) is 11.2 Å². The SMILES string of the molecule is COc1ccc(CC(=O)NCC(C)n2nc(-c3cccs3)ccc2=O)cc1. The third-order valence-electron chi connectivity index (χ3n) is 4.13. The summed E-state index contributed by atoms with van der Waals surface area (Å²) in [5.74, 6) is 0.651. The second-order valence-corrected chi connectivity index (χ2v) is 7.10. The van der Waals surface area contributed by atoms with Gasteiger partial charge in [0.05, 0.1) is 24.4 Å². The fourth-order valence-corrected chi connectivity index (χ4v) is 3.33. The number of amides is 1. The van der Waals surface area contributed by atoms with Crippen LogP contribution in [0.5, 0.6) is 5.75 Å². The van der Waals surface area contributed by atoms with Gasteiger partial charge in [0.25, 0.3) is 5.56 Å². The van der Waals surface area contributed by atoms with Crippen molar-refractivity contribution in [3.63, 3.8) is 0 Å². The molecule has 0 fully saturated rings. The zero-order chi connectivity index (χ0) is 19.2. The highest BCUT2D eigenvalue weighted by atomic mass is 32.1. The molecule has 1 atom stereocenters. The third kappa shape index (κ3) is 4.83. The predicted octanol–water partition coefficient (Wildman–Crippen LogP) is 2.90. The zero-order valence-corrected chi connectivity index (χ0v) is 16.0. The standard InChI is InChI=1S/C20H21N3O3S/c1-14(13-21-19(24)12-15-5-7-16(26-2)8-6-15)23-20(25)10-9-17(22-23)18-4-3-11-27-18/h3-11,14H,12-13H2,1-2H3,(H,21,24). The van der Waals surface area contributed by atoms with E-state index in [1.807, 2.05) is 48.7 Å². The van der Waals surface area contributed by atoms with Crippen LogP contribution in [0.25, 0.3) is 10.6 Å². The van der Waals surface area contributed by atoms with E-state index < -0.39 is 0 Å². The van der Waals surface area contributed by atoms with E-state index in [0.717, 1.165) is 21.9 Å². The molecule has 0 saturated carbocycles. The van der Waals surface area contributed by atoms with Crippen molar-refractivity contribution in [1.29, 1.82) is 0 Å². The van der Waals surface area contributed by atoms with Crippen molar-refractivity contribution in [3.8, 4) is 16.3 Å². The molecule has 0 radical (unpaired) electrons. The summed E-state index contributed by atoms with van der Waals surface area (Å²) in [7, 11) is 1.60. The molecule has 27 heavy (non-hydrogen) atoms. The first-order valence-electron chi connectivity index (χ1n) is 8.60. The lowest BCUT2D eigenvalue weighted by Crippen LogP contribution is -2.35. The van der Waals surface area contributed by atoms with Gasteiger partial charge in [0.2, 0.25) is 5.91 Å². The summed E-state index contributed by atoms with van der Waals surface area (Å²) < 4.78 is 6.53. The van der Waals surface area contributed by atoms with Gasteiger partial charge < -0.3 is 10.1 Å². The Hall–Kier alpha value is -2.93. The van der Waals surface area contributed by atoms with E-state index in [1.165, 1.54) is 10.7 Å². The van der Waals surface area contributed by atoms with Crippen LogP contribution in [0.3, 0.4) is 0 Å². The maximum absolute atomic E-state index is 12.2. The molecule has 140 valence electrons. The molecule has 0 aliphatic carbocycles. The average Bonchev–Trinajstić information content (AvgIpc) is 3.22. The molecule has 0 aliphatic heterocycles. The van der Waals surface area contributed by atoms with Gasteiger partial charge >= 0.3 is 0 Å². The molecular weight excluding hydrogens is 362 g/mol. The topological polar surface area (TPSA) is 73.2 Å². The molecule has 1 N–H and O–H groups in total. The Morgan fingerprint density at radius 3 is 2.67 bits per heavy atom. The first-order valence-corrected chi connectivity index (χ1v) is 9.48. The monoisotopic (exact) mass is 383 g/mol. The largest absolute Gasteiger partial charge is 0.497 e. The van der Waals surface area contributed by atoms with E-state index in [0.29, 0.717) is 6.54 Å². The number of hydrogen-bond donors (Lipinski definition) is 1. The van der Waals surface area contributed by atoms with Crippen molar-refractivity contribution >= 4 is 17.2 Å². The van der Waals surface area contributed by atoms with Crippen LogP contribution >= 0.6 is 11.3 Å². The highest BCUT2D eigenvalue weighted by molar-refractivity contribution is 7.13. The van der Waals surface area contributed by atoms with Crippen molar-refractivity contribution < 1.29 is 9.53 Å². The molecule has 6 nitrogen and oxygen atoms in total. The maximum Gasteiger partial charge on any atom is 0.267 e. The average molecular weight is 383 g/mol. The minimum Gasteiger partial charge on any atom is -0.497 e. The Balaban J connectivity index is 1.61. The highest BCUT2D eigenvalue weighted by Crippen LogP contribution is 2.21. The van der Waals surface area contributed by atoms with Crippen LogP contribution in [0.1, 0.15) is 18.5 Å². The van der Waals surface area contributed by atoms with Crippen molar-refractivity contribution in [3.05, 3.63) is 69.8 Å². The van der Waals surface area contributed by atoms with Gasteiger partial charge in [-0.15, -0.1) is 11.3 Å². The fraction of sp³-hybridized carbons (Fsp3) is 0.250. The number of nitrogens with zero attached hydrogens (tertiary/aromatic N) is 2. The van der Waals surface area contributed by atoms with Gasteiger partial charge in [-0.3, -0.25) is 9.59 Å².